The highest BCUT2D eigenvalue weighted by Crippen LogP contribution is 2.43. The highest BCUT2D eigenvalue weighted by atomic mass is 31.2. The molecule has 62 heavy (non-hydrogen) atoms. The van der Waals surface area contributed by atoms with Crippen molar-refractivity contribution in [2.45, 2.75) is 193 Å². The van der Waals surface area contributed by atoms with Crippen LogP contribution in [0.5, 0.6) is 0 Å². The normalized spacial score (nSPS) is 14.5. The molecule has 362 valence electrons. The van der Waals surface area contributed by atoms with Crippen molar-refractivity contribution in [1.29, 1.82) is 0 Å². The Morgan fingerprint density at radius 3 is 1.47 bits per heavy atom. The Balaban J connectivity index is 4.55. The quantitative estimate of drug-likeness (QED) is 0.0166. The average Bonchev–Trinajstić information content (AvgIpc) is 3.22. The topological polar surface area (TPSA) is 216 Å². The highest BCUT2D eigenvalue weighted by Gasteiger charge is 2.28. The number of carbonyl (C=O) groups excluding carboxylic acids is 2. The van der Waals surface area contributed by atoms with Crippen LogP contribution in [0.3, 0.4) is 0 Å². The lowest BCUT2D eigenvalue weighted by atomic mass is 10.0. The average molecular weight is 923 g/mol. The molecule has 0 radical (unpaired) electrons. The number of aliphatic hydroxyl groups excluding tert-OH is 2. The van der Waals surface area contributed by atoms with Crippen LogP contribution in [0, 0.1) is 5.92 Å². The minimum Gasteiger partial charge on any atom is -0.462 e. The van der Waals surface area contributed by atoms with Crippen LogP contribution in [0.1, 0.15) is 181 Å². The van der Waals surface area contributed by atoms with Gasteiger partial charge in [0, 0.05) is 19.4 Å². The molecule has 0 aliphatic carbocycles. The Hall–Kier alpha value is -1.96. The smallest absolute Gasteiger partial charge is 0.462 e. The van der Waals surface area contributed by atoms with Gasteiger partial charge in [0.05, 0.1) is 19.8 Å². The number of phosphoric acid groups is 2. The van der Waals surface area contributed by atoms with Gasteiger partial charge >= 0.3 is 27.6 Å². The molecule has 0 aliphatic heterocycles. The molecule has 0 saturated heterocycles. The van der Waals surface area contributed by atoms with Crippen molar-refractivity contribution in [3.63, 3.8) is 0 Å². The third-order valence-corrected chi connectivity index (χ3v) is 11.1. The Bertz CT molecular complexity index is 1300. The van der Waals surface area contributed by atoms with Crippen LogP contribution in [-0.2, 0) is 41.8 Å². The summed E-state index contributed by atoms with van der Waals surface area (Å²) in [6.07, 6.45) is 39.8. The van der Waals surface area contributed by atoms with Crippen molar-refractivity contribution in [3.8, 4) is 0 Å². The number of hydrogen-bond acceptors (Lipinski definition) is 11. The lowest BCUT2D eigenvalue weighted by molar-refractivity contribution is -0.161. The number of rotatable bonds is 44. The molecule has 3 atom stereocenters. The number of allylic oxidation sites excluding steroid dienone is 8. The summed E-state index contributed by atoms with van der Waals surface area (Å²) in [5, 5.41) is 18.6. The number of ether oxygens (including phenoxy) is 2. The van der Waals surface area contributed by atoms with Gasteiger partial charge in [-0.25, -0.2) is 9.13 Å². The van der Waals surface area contributed by atoms with E-state index in [1.165, 1.54) is 70.6 Å². The predicted octanol–water partition coefficient (Wildman–Crippen LogP) is 11.1. The van der Waals surface area contributed by atoms with Crippen molar-refractivity contribution in [1.82, 2.24) is 0 Å². The van der Waals surface area contributed by atoms with Crippen LogP contribution < -0.4 is 0 Å². The zero-order valence-electron chi connectivity index (χ0n) is 38.1. The molecule has 0 rings (SSSR count). The summed E-state index contributed by atoms with van der Waals surface area (Å²) in [7, 11) is -9.70. The third-order valence-electron chi connectivity index (χ3n) is 9.69. The van der Waals surface area contributed by atoms with Gasteiger partial charge in [-0.05, 0) is 63.7 Å². The fourth-order valence-electron chi connectivity index (χ4n) is 6.15. The first-order valence-corrected chi connectivity index (χ1v) is 26.3. The van der Waals surface area contributed by atoms with E-state index in [-0.39, 0.29) is 19.4 Å². The van der Waals surface area contributed by atoms with Gasteiger partial charge in [0.15, 0.2) is 6.10 Å². The Labute approximate surface area is 373 Å². The van der Waals surface area contributed by atoms with Crippen molar-refractivity contribution < 1.29 is 66.7 Å². The van der Waals surface area contributed by atoms with Crippen LogP contribution >= 0.6 is 15.6 Å². The molecule has 16 heteroatoms. The van der Waals surface area contributed by atoms with Crippen molar-refractivity contribution in [3.05, 3.63) is 48.6 Å². The Kier molecular flexibility index (Phi) is 40.4. The van der Waals surface area contributed by atoms with Crippen LogP contribution in [-0.4, -0.2) is 82.1 Å². The Morgan fingerprint density at radius 1 is 0.516 bits per heavy atom. The molecule has 0 aromatic carbocycles. The summed E-state index contributed by atoms with van der Waals surface area (Å²) in [6, 6.07) is 0. The number of phosphoric ester groups is 2. The number of hydrogen-bond donors (Lipinski definition) is 5. The molecular formula is C46H84O14P2. The van der Waals surface area contributed by atoms with Crippen LogP contribution in [0.2, 0.25) is 0 Å². The summed E-state index contributed by atoms with van der Waals surface area (Å²) < 4.78 is 47.8. The van der Waals surface area contributed by atoms with E-state index in [0.717, 1.165) is 70.1 Å². The van der Waals surface area contributed by atoms with Gasteiger partial charge in [-0.15, -0.1) is 0 Å². The molecule has 0 fully saturated rings. The number of unbranched alkanes of at least 4 members (excludes halogenated alkanes) is 17. The van der Waals surface area contributed by atoms with Crippen molar-refractivity contribution in [2.24, 2.45) is 5.92 Å². The summed E-state index contributed by atoms with van der Waals surface area (Å²) >= 11 is 0. The SMILES string of the molecule is CC(C)CCCCCCCCCCCCCCCCC(=O)OC[C@H](COP(=O)(O)OC[C@@H](O)COP(=O)(O)O)OC(=O)CCC/C=C\C/C=C\C/C=C\C/C=C\CCCCCO. The van der Waals surface area contributed by atoms with Crippen LogP contribution in [0.25, 0.3) is 0 Å². The fraction of sp³-hybridized carbons (Fsp3) is 0.783. The van der Waals surface area contributed by atoms with E-state index in [4.69, 9.17) is 28.9 Å². The lowest BCUT2D eigenvalue weighted by Gasteiger charge is -2.20. The zero-order valence-corrected chi connectivity index (χ0v) is 39.9. The van der Waals surface area contributed by atoms with Crippen LogP contribution in [0.15, 0.2) is 48.6 Å². The summed E-state index contributed by atoms with van der Waals surface area (Å²) in [6.45, 7) is 2.04. The standard InChI is InChI=1S/C46H84O14P2/c1-42(2)34-30-26-22-18-14-10-7-8-11-15-19-23-27-31-35-45(49)56-40-44(41-59-62(54,55)58-39-43(48)38-57-61(51,52)53)60-46(50)36-32-28-24-20-16-12-6-4-3-5-9-13-17-21-25-29-33-37-47/h3,5-6,12-13,17,20,24,42-44,47-48H,4,7-11,14-16,18-19,21-23,25-41H2,1-2H3,(H,54,55)(H2,51,52,53)/b5-3-,12-6-,17-13-,24-20-/t43-,44+/m0/s1. The number of esters is 2. The lowest BCUT2D eigenvalue weighted by Crippen LogP contribution is -2.29. The van der Waals surface area contributed by atoms with E-state index < -0.39 is 66.2 Å². The predicted molar refractivity (Wildman–Crippen MR) is 245 cm³/mol. The summed E-state index contributed by atoms with van der Waals surface area (Å²) in [5.41, 5.74) is 0. The van der Waals surface area contributed by atoms with Gasteiger partial charge in [0.1, 0.15) is 12.7 Å². The number of carbonyl (C=O) groups is 2. The van der Waals surface area contributed by atoms with Crippen molar-refractivity contribution in [2.75, 3.05) is 33.0 Å². The maximum Gasteiger partial charge on any atom is 0.472 e. The molecule has 0 aliphatic rings. The number of aliphatic hydroxyl groups is 2. The monoisotopic (exact) mass is 923 g/mol. The maximum atomic E-state index is 12.7. The molecule has 14 nitrogen and oxygen atoms in total. The second-order valence-corrected chi connectivity index (χ2v) is 18.9. The zero-order chi connectivity index (χ0) is 46.0. The molecule has 0 saturated carbocycles. The van der Waals surface area contributed by atoms with E-state index in [2.05, 4.69) is 59.4 Å². The molecule has 0 bridgehead atoms. The van der Waals surface area contributed by atoms with E-state index in [9.17, 15) is 28.7 Å². The summed E-state index contributed by atoms with van der Waals surface area (Å²) in [4.78, 5) is 52.8. The van der Waals surface area contributed by atoms with Gasteiger partial charge < -0.3 is 34.4 Å². The van der Waals surface area contributed by atoms with Crippen molar-refractivity contribution >= 4 is 27.6 Å². The van der Waals surface area contributed by atoms with E-state index in [1.54, 1.807) is 0 Å². The van der Waals surface area contributed by atoms with E-state index >= 15 is 0 Å². The highest BCUT2D eigenvalue weighted by molar-refractivity contribution is 7.47. The molecule has 0 aromatic heterocycles. The molecule has 5 N–H and O–H groups in total. The molecule has 0 aromatic rings. The largest absolute Gasteiger partial charge is 0.472 e. The van der Waals surface area contributed by atoms with Gasteiger partial charge in [0.25, 0.3) is 0 Å². The van der Waals surface area contributed by atoms with Crippen LogP contribution in [0.4, 0.5) is 0 Å². The third kappa shape index (κ3) is 46.0. The maximum absolute atomic E-state index is 12.7. The first-order valence-electron chi connectivity index (χ1n) is 23.3. The molecular weight excluding hydrogens is 838 g/mol. The Morgan fingerprint density at radius 2 is 0.952 bits per heavy atom. The first kappa shape index (κ1) is 60.0. The molecule has 1 unspecified atom stereocenters. The minimum atomic E-state index is -4.87. The van der Waals surface area contributed by atoms with Gasteiger partial charge in [0.2, 0.25) is 0 Å². The first-order chi connectivity index (χ1) is 29.7. The van der Waals surface area contributed by atoms with Gasteiger partial charge in [-0.2, -0.15) is 0 Å². The fourth-order valence-corrected chi connectivity index (χ4v) is 7.31. The van der Waals surface area contributed by atoms with Gasteiger partial charge in [-0.3, -0.25) is 23.2 Å². The minimum absolute atomic E-state index is 0.0459. The van der Waals surface area contributed by atoms with E-state index in [0.29, 0.717) is 19.3 Å². The second kappa shape index (κ2) is 41.7. The molecule has 0 heterocycles. The van der Waals surface area contributed by atoms with Gasteiger partial charge in [-0.1, -0.05) is 159 Å². The van der Waals surface area contributed by atoms with E-state index in [1.807, 2.05) is 12.2 Å². The second-order valence-electron chi connectivity index (χ2n) is 16.2. The molecule has 0 amide bonds. The summed E-state index contributed by atoms with van der Waals surface area (Å²) in [5.74, 6) is -0.300. The molecule has 0 spiro atoms.